The lowest BCUT2D eigenvalue weighted by Gasteiger charge is -2.17. The number of carbonyl (C=O) groups is 1. The van der Waals surface area contributed by atoms with Crippen LogP contribution in [0.3, 0.4) is 0 Å². The minimum Gasteiger partial charge on any atom is -0.322 e. The fourth-order valence-corrected chi connectivity index (χ4v) is 2.66. The van der Waals surface area contributed by atoms with Gasteiger partial charge in [-0.3, -0.25) is 10.3 Å². The zero-order valence-corrected chi connectivity index (χ0v) is 15.4. The molecule has 0 spiro atoms. The summed E-state index contributed by atoms with van der Waals surface area (Å²) in [6.07, 6.45) is 3.22. The summed E-state index contributed by atoms with van der Waals surface area (Å²) < 4.78 is 13.8. The molecule has 0 unspecified atom stereocenters. The van der Waals surface area contributed by atoms with Gasteiger partial charge in [0.1, 0.15) is 5.82 Å². The number of urea groups is 1. The second kappa shape index (κ2) is 8.01. The second-order valence-electron chi connectivity index (χ2n) is 5.50. The van der Waals surface area contributed by atoms with Crippen LogP contribution in [-0.2, 0) is 6.54 Å². The van der Waals surface area contributed by atoms with Crippen LogP contribution >= 0.6 is 15.9 Å². The normalized spacial score (nSPS) is 10.4. The maximum atomic E-state index is 13.1. The van der Waals surface area contributed by atoms with Gasteiger partial charge in [0.15, 0.2) is 0 Å². The third-order valence-electron chi connectivity index (χ3n) is 3.55. The van der Waals surface area contributed by atoms with Crippen LogP contribution in [0.5, 0.6) is 0 Å². The molecule has 0 saturated heterocycles. The monoisotopic (exact) mass is 415 g/mol. The molecule has 6 nitrogen and oxygen atoms in total. The zero-order valence-electron chi connectivity index (χ0n) is 13.9. The van der Waals surface area contributed by atoms with Gasteiger partial charge in [-0.05, 0) is 52.3 Å². The Morgan fingerprint density at radius 1 is 1.19 bits per heavy atom. The number of anilines is 1. The lowest BCUT2D eigenvalue weighted by atomic mass is 10.1. The van der Waals surface area contributed by atoms with Crippen molar-refractivity contribution in [1.82, 2.24) is 19.9 Å². The van der Waals surface area contributed by atoms with Gasteiger partial charge < -0.3 is 4.90 Å². The summed E-state index contributed by atoms with van der Waals surface area (Å²) in [5.74, 6) is -0.172. The molecule has 26 heavy (non-hydrogen) atoms. The first kappa shape index (κ1) is 17.9. The standard InChI is InChI=1S/C18H15BrFN5O/c1-25(11-14-4-2-3-9-21-14)18(26)24-17-22-10-15(19)16(23-17)12-5-7-13(20)8-6-12/h2-10H,11H2,1H3,(H,22,23,24,26). The van der Waals surface area contributed by atoms with E-state index in [1.165, 1.54) is 17.0 Å². The van der Waals surface area contributed by atoms with Crippen molar-refractivity contribution in [3.8, 4) is 11.3 Å². The van der Waals surface area contributed by atoms with Crippen LogP contribution in [0.1, 0.15) is 5.69 Å². The molecule has 0 saturated carbocycles. The predicted molar refractivity (Wildman–Crippen MR) is 99.8 cm³/mol. The SMILES string of the molecule is CN(Cc1ccccn1)C(=O)Nc1ncc(Br)c(-c2ccc(F)cc2)n1. The first-order valence-corrected chi connectivity index (χ1v) is 8.53. The number of benzene rings is 1. The minimum atomic E-state index is -0.358. The summed E-state index contributed by atoms with van der Waals surface area (Å²) in [6, 6.07) is 11.1. The molecule has 3 rings (SSSR count). The molecule has 2 aromatic heterocycles. The van der Waals surface area contributed by atoms with Crippen molar-refractivity contribution in [2.75, 3.05) is 12.4 Å². The summed E-state index contributed by atoms with van der Waals surface area (Å²) in [5, 5.41) is 2.65. The molecule has 1 aromatic carbocycles. The van der Waals surface area contributed by atoms with E-state index in [1.54, 1.807) is 31.6 Å². The Kier molecular flexibility index (Phi) is 5.52. The van der Waals surface area contributed by atoms with Crippen LogP contribution in [0.15, 0.2) is 59.3 Å². The molecule has 0 aliphatic carbocycles. The molecule has 0 atom stereocenters. The lowest BCUT2D eigenvalue weighted by molar-refractivity contribution is 0.220. The maximum absolute atomic E-state index is 13.1. The number of nitrogens with zero attached hydrogens (tertiary/aromatic N) is 4. The molecule has 0 fully saturated rings. The Labute approximate surface area is 158 Å². The summed E-state index contributed by atoms with van der Waals surface area (Å²) in [7, 11) is 1.66. The van der Waals surface area contributed by atoms with Gasteiger partial charge in [0.2, 0.25) is 5.95 Å². The number of nitrogens with one attached hydrogen (secondary N) is 1. The molecule has 0 aliphatic rings. The van der Waals surface area contributed by atoms with Crippen LogP contribution in [0.2, 0.25) is 0 Å². The van der Waals surface area contributed by atoms with Gasteiger partial charge in [-0.25, -0.2) is 19.2 Å². The molecule has 0 aliphatic heterocycles. The summed E-state index contributed by atoms with van der Waals surface area (Å²) in [5.41, 5.74) is 2.04. The van der Waals surface area contributed by atoms with E-state index in [-0.39, 0.29) is 17.8 Å². The van der Waals surface area contributed by atoms with Gasteiger partial charge in [-0.1, -0.05) is 6.07 Å². The average Bonchev–Trinajstić information content (AvgIpc) is 2.65. The molecule has 2 amide bonds. The highest BCUT2D eigenvalue weighted by atomic mass is 79.9. The Morgan fingerprint density at radius 3 is 2.65 bits per heavy atom. The molecule has 3 aromatic rings. The van der Waals surface area contributed by atoms with Gasteiger partial charge in [-0.15, -0.1) is 0 Å². The van der Waals surface area contributed by atoms with E-state index < -0.39 is 0 Å². The van der Waals surface area contributed by atoms with Crippen molar-refractivity contribution >= 4 is 27.9 Å². The Bertz CT molecular complexity index is 905. The van der Waals surface area contributed by atoms with Gasteiger partial charge >= 0.3 is 6.03 Å². The van der Waals surface area contributed by atoms with Crippen molar-refractivity contribution in [3.05, 3.63) is 70.8 Å². The highest BCUT2D eigenvalue weighted by molar-refractivity contribution is 9.10. The van der Waals surface area contributed by atoms with E-state index in [4.69, 9.17) is 0 Å². The number of amides is 2. The summed E-state index contributed by atoms with van der Waals surface area (Å²) >= 11 is 3.37. The molecule has 0 radical (unpaired) electrons. The molecular formula is C18H15BrFN5O. The quantitative estimate of drug-likeness (QED) is 0.695. The van der Waals surface area contributed by atoms with E-state index in [0.29, 0.717) is 22.3 Å². The number of rotatable bonds is 4. The third kappa shape index (κ3) is 4.40. The van der Waals surface area contributed by atoms with Crippen molar-refractivity contribution in [2.24, 2.45) is 0 Å². The fourth-order valence-electron chi connectivity index (χ4n) is 2.24. The number of hydrogen-bond acceptors (Lipinski definition) is 4. The van der Waals surface area contributed by atoms with E-state index in [9.17, 15) is 9.18 Å². The molecule has 0 bridgehead atoms. The topological polar surface area (TPSA) is 71.0 Å². The maximum Gasteiger partial charge on any atom is 0.324 e. The first-order valence-electron chi connectivity index (χ1n) is 7.73. The average molecular weight is 416 g/mol. The van der Waals surface area contributed by atoms with E-state index in [0.717, 1.165) is 5.69 Å². The van der Waals surface area contributed by atoms with Crippen LogP contribution < -0.4 is 5.32 Å². The van der Waals surface area contributed by atoms with Crippen molar-refractivity contribution < 1.29 is 9.18 Å². The lowest BCUT2D eigenvalue weighted by Crippen LogP contribution is -2.31. The van der Waals surface area contributed by atoms with E-state index in [2.05, 4.69) is 36.2 Å². The molecule has 132 valence electrons. The summed E-state index contributed by atoms with van der Waals surface area (Å²) in [4.78, 5) is 26.5. The predicted octanol–water partition coefficient (Wildman–Crippen LogP) is 4.10. The van der Waals surface area contributed by atoms with Crippen LogP contribution in [0, 0.1) is 5.82 Å². The number of hydrogen-bond donors (Lipinski definition) is 1. The number of carbonyl (C=O) groups excluding carboxylic acids is 1. The van der Waals surface area contributed by atoms with Gasteiger partial charge in [0.05, 0.1) is 22.4 Å². The molecule has 2 heterocycles. The number of halogens is 2. The Hall–Kier alpha value is -2.87. The highest BCUT2D eigenvalue weighted by Crippen LogP contribution is 2.26. The highest BCUT2D eigenvalue weighted by Gasteiger charge is 2.14. The summed E-state index contributed by atoms with van der Waals surface area (Å²) in [6.45, 7) is 0.355. The number of pyridine rings is 1. The molecule has 8 heteroatoms. The Morgan fingerprint density at radius 2 is 1.96 bits per heavy atom. The van der Waals surface area contributed by atoms with E-state index in [1.807, 2.05) is 18.2 Å². The van der Waals surface area contributed by atoms with Crippen LogP contribution in [-0.4, -0.2) is 32.9 Å². The van der Waals surface area contributed by atoms with Crippen molar-refractivity contribution in [1.29, 1.82) is 0 Å². The molecular weight excluding hydrogens is 401 g/mol. The van der Waals surface area contributed by atoms with Crippen LogP contribution in [0.25, 0.3) is 11.3 Å². The zero-order chi connectivity index (χ0) is 18.5. The first-order chi connectivity index (χ1) is 12.5. The van der Waals surface area contributed by atoms with Gasteiger partial charge in [0.25, 0.3) is 0 Å². The van der Waals surface area contributed by atoms with Crippen molar-refractivity contribution in [3.63, 3.8) is 0 Å². The third-order valence-corrected chi connectivity index (χ3v) is 4.13. The Balaban J connectivity index is 1.74. The van der Waals surface area contributed by atoms with E-state index >= 15 is 0 Å². The fraction of sp³-hybridized carbons (Fsp3) is 0.111. The molecule has 1 N–H and O–H groups in total. The minimum absolute atomic E-state index is 0.158. The van der Waals surface area contributed by atoms with Crippen LogP contribution in [0.4, 0.5) is 15.1 Å². The smallest absolute Gasteiger partial charge is 0.322 e. The van der Waals surface area contributed by atoms with Gasteiger partial charge in [-0.2, -0.15) is 0 Å². The second-order valence-corrected chi connectivity index (χ2v) is 6.36. The largest absolute Gasteiger partial charge is 0.324 e. The van der Waals surface area contributed by atoms with Crippen molar-refractivity contribution in [2.45, 2.75) is 6.54 Å². The van der Waals surface area contributed by atoms with Gasteiger partial charge in [0, 0.05) is 25.0 Å². The number of aromatic nitrogens is 3.